The van der Waals surface area contributed by atoms with Crippen LogP contribution in [0.15, 0.2) is 41.2 Å². The van der Waals surface area contributed by atoms with Crippen LogP contribution in [-0.2, 0) is 6.54 Å². The van der Waals surface area contributed by atoms with Gasteiger partial charge in [0.15, 0.2) is 0 Å². The molecule has 0 fully saturated rings. The van der Waals surface area contributed by atoms with Crippen LogP contribution in [0.1, 0.15) is 43.8 Å². The Hall–Kier alpha value is -2.86. The molecule has 0 aliphatic heterocycles. The summed E-state index contributed by atoms with van der Waals surface area (Å²) in [4.78, 5) is 32.6. The number of nitrogens with zero attached hydrogens (tertiary/aromatic N) is 3. The summed E-state index contributed by atoms with van der Waals surface area (Å²) in [7, 11) is 0. The summed E-state index contributed by atoms with van der Waals surface area (Å²) in [6.07, 6.45) is 0. The van der Waals surface area contributed by atoms with Gasteiger partial charge in [-0.1, -0.05) is 29.8 Å². The summed E-state index contributed by atoms with van der Waals surface area (Å²) in [6, 6.07) is 10.3. The van der Waals surface area contributed by atoms with Crippen LogP contribution in [0.5, 0.6) is 0 Å². The lowest BCUT2D eigenvalue weighted by molar-refractivity contribution is 0.192. The molecular formula is C23H27ClN4O2. The number of fused-ring (bicyclic) bond motifs is 1. The highest BCUT2D eigenvalue weighted by molar-refractivity contribution is 6.31. The van der Waals surface area contributed by atoms with Crippen LogP contribution < -0.4 is 10.9 Å². The van der Waals surface area contributed by atoms with Gasteiger partial charge < -0.3 is 10.2 Å². The van der Waals surface area contributed by atoms with Gasteiger partial charge in [0.05, 0.1) is 16.9 Å². The topological polar surface area (TPSA) is 67.2 Å². The summed E-state index contributed by atoms with van der Waals surface area (Å²) in [5.74, 6) is 0.538. The number of anilines is 1. The molecule has 1 aromatic heterocycles. The Kier molecular flexibility index (Phi) is 6.46. The number of aryl methyl sites for hydroxylation is 2. The highest BCUT2D eigenvalue weighted by Gasteiger charge is 2.25. The van der Waals surface area contributed by atoms with E-state index in [0.717, 1.165) is 16.8 Å². The van der Waals surface area contributed by atoms with Crippen molar-refractivity contribution >= 4 is 34.2 Å². The van der Waals surface area contributed by atoms with E-state index < -0.39 is 6.04 Å². The molecule has 0 saturated carbocycles. The number of urea groups is 1. The third kappa shape index (κ3) is 4.05. The van der Waals surface area contributed by atoms with Crippen LogP contribution in [-0.4, -0.2) is 27.0 Å². The van der Waals surface area contributed by atoms with Gasteiger partial charge in [-0.15, -0.1) is 0 Å². The maximum Gasteiger partial charge on any atom is 0.322 e. The van der Waals surface area contributed by atoms with Gasteiger partial charge in [0.1, 0.15) is 5.82 Å². The minimum atomic E-state index is -0.407. The molecule has 7 heteroatoms. The van der Waals surface area contributed by atoms with E-state index in [2.05, 4.69) is 5.32 Å². The first-order valence-electron chi connectivity index (χ1n) is 10.1. The molecule has 0 radical (unpaired) electrons. The molecule has 0 bridgehead atoms. The highest BCUT2D eigenvalue weighted by Crippen LogP contribution is 2.24. The number of nitrogens with one attached hydrogen (secondary N) is 1. The Morgan fingerprint density at radius 3 is 2.47 bits per heavy atom. The van der Waals surface area contributed by atoms with Crippen molar-refractivity contribution in [2.45, 2.75) is 47.2 Å². The number of aromatic nitrogens is 2. The molecule has 0 spiro atoms. The van der Waals surface area contributed by atoms with Crippen molar-refractivity contribution in [2.24, 2.45) is 0 Å². The zero-order valence-electron chi connectivity index (χ0n) is 18.0. The maximum absolute atomic E-state index is 13.1. The number of carbonyl (C=O) groups excluding carboxylic acids is 1. The monoisotopic (exact) mass is 426 g/mol. The van der Waals surface area contributed by atoms with Crippen LogP contribution in [0, 0.1) is 13.8 Å². The second kappa shape index (κ2) is 8.88. The number of halogens is 1. The predicted octanol–water partition coefficient (Wildman–Crippen LogP) is 5.30. The molecule has 3 rings (SSSR count). The van der Waals surface area contributed by atoms with Crippen LogP contribution in [0.25, 0.3) is 10.9 Å². The first kappa shape index (κ1) is 21.8. The van der Waals surface area contributed by atoms with E-state index in [-0.39, 0.29) is 11.6 Å². The Morgan fingerprint density at radius 1 is 1.20 bits per heavy atom. The van der Waals surface area contributed by atoms with E-state index in [1.807, 2.05) is 52.8 Å². The van der Waals surface area contributed by atoms with E-state index >= 15 is 0 Å². The fourth-order valence-electron chi connectivity index (χ4n) is 3.76. The van der Waals surface area contributed by atoms with Crippen molar-refractivity contribution in [1.29, 1.82) is 0 Å². The Labute approximate surface area is 181 Å². The molecule has 6 nitrogen and oxygen atoms in total. The zero-order valence-corrected chi connectivity index (χ0v) is 18.7. The molecule has 30 heavy (non-hydrogen) atoms. The minimum Gasteiger partial charge on any atom is -0.315 e. The average Bonchev–Trinajstić information content (AvgIpc) is 2.71. The van der Waals surface area contributed by atoms with Crippen LogP contribution in [0.3, 0.4) is 0 Å². The smallest absolute Gasteiger partial charge is 0.315 e. The number of para-hydroxylation sites is 1. The summed E-state index contributed by atoms with van der Waals surface area (Å²) in [5.41, 5.74) is 3.20. The van der Waals surface area contributed by atoms with Gasteiger partial charge in [-0.25, -0.2) is 9.78 Å². The molecule has 1 heterocycles. The van der Waals surface area contributed by atoms with Gasteiger partial charge in [0.2, 0.25) is 0 Å². The Bertz CT molecular complexity index is 1140. The summed E-state index contributed by atoms with van der Waals surface area (Å²) in [6.45, 7) is 10.5. The van der Waals surface area contributed by atoms with Crippen LogP contribution in [0.2, 0.25) is 5.02 Å². The number of carbonyl (C=O) groups is 1. The zero-order chi connectivity index (χ0) is 22.0. The Morgan fingerprint density at radius 2 is 1.87 bits per heavy atom. The summed E-state index contributed by atoms with van der Waals surface area (Å²) >= 11 is 6.11. The van der Waals surface area contributed by atoms with E-state index in [4.69, 9.17) is 16.6 Å². The molecule has 158 valence electrons. The number of hydrogen-bond donors (Lipinski definition) is 1. The standard InChI is InChI=1S/C23H27ClN4O2/c1-6-27(23(30)26-20-14(3)9-8-10-15(20)4)16(5)21-25-19-13-17(24)11-12-18(19)22(29)28(21)7-2/h8-13,16H,6-7H2,1-5H3,(H,26,30). The number of amides is 2. The van der Waals surface area contributed by atoms with Gasteiger partial charge in [-0.3, -0.25) is 9.36 Å². The normalized spacial score (nSPS) is 12.1. The van der Waals surface area contributed by atoms with Gasteiger partial charge in [0.25, 0.3) is 5.56 Å². The lowest BCUT2D eigenvalue weighted by Gasteiger charge is -2.30. The largest absolute Gasteiger partial charge is 0.322 e. The second-order valence-electron chi connectivity index (χ2n) is 7.34. The van der Waals surface area contributed by atoms with E-state index in [1.165, 1.54) is 0 Å². The number of rotatable bonds is 5. The first-order valence-corrected chi connectivity index (χ1v) is 10.5. The number of hydrogen-bond acceptors (Lipinski definition) is 3. The van der Waals surface area contributed by atoms with Crippen molar-refractivity contribution in [2.75, 3.05) is 11.9 Å². The van der Waals surface area contributed by atoms with E-state index in [9.17, 15) is 9.59 Å². The van der Waals surface area contributed by atoms with E-state index in [1.54, 1.807) is 27.7 Å². The van der Waals surface area contributed by atoms with Crippen molar-refractivity contribution in [3.63, 3.8) is 0 Å². The van der Waals surface area contributed by atoms with Crippen molar-refractivity contribution in [3.8, 4) is 0 Å². The molecule has 3 aromatic rings. The van der Waals surface area contributed by atoms with Crippen molar-refractivity contribution in [1.82, 2.24) is 14.5 Å². The quantitative estimate of drug-likeness (QED) is 0.601. The molecule has 2 amide bonds. The van der Waals surface area contributed by atoms with Crippen LogP contribution >= 0.6 is 11.6 Å². The van der Waals surface area contributed by atoms with Crippen molar-refractivity contribution in [3.05, 3.63) is 68.7 Å². The summed E-state index contributed by atoms with van der Waals surface area (Å²) in [5, 5.41) is 4.06. The third-order valence-electron chi connectivity index (χ3n) is 5.42. The maximum atomic E-state index is 13.1. The van der Waals surface area contributed by atoms with Gasteiger partial charge in [-0.2, -0.15) is 0 Å². The molecular weight excluding hydrogens is 400 g/mol. The molecule has 1 unspecified atom stereocenters. The molecule has 0 saturated heterocycles. The third-order valence-corrected chi connectivity index (χ3v) is 5.65. The molecule has 2 aromatic carbocycles. The highest BCUT2D eigenvalue weighted by atomic mass is 35.5. The van der Waals surface area contributed by atoms with Gasteiger partial charge in [-0.05, 0) is 63.9 Å². The van der Waals surface area contributed by atoms with Crippen LogP contribution in [0.4, 0.5) is 10.5 Å². The average molecular weight is 427 g/mol. The number of benzene rings is 2. The molecule has 1 N–H and O–H groups in total. The molecule has 0 aliphatic rings. The second-order valence-corrected chi connectivity index (χ2v) is 7.78. The minimum absolute atomic E-state index is 0.132. The fraction of sp³-hybridized carbons (Fsp3) is 0.348. The lowest BCUT2D eigenvalue weighted by Crippen LogP contribution is -2.40. The fourth-order valence-corrected chi connectivity index (χ4v) is 3.93. The van der Waals surface area contributed by atoms with E-state index in [0.29, 0.717) is 34.8 Å². The first-order chi connectivity index (χ1) is 14.3. The predicted molar refractivity (Wildman–Crippen MR) is 122 cm³/mol. The Balaban J connectivity index is 2.02. The lowest BCUT2D eigenvalue weighted by atomic mass is 10.1. The molecule has 1 atom stereocenters. The van der Waals surface area contributed by atoms with Gasteiger partial charge >= 0.3 is 6.03 Å². The summed E-state index contributed by atoms with van der Waals surface area (Å²) < 4.78 is 1.62. The van der Waals surface area contributed by atoms with Crippen molar-refractivity contribution < 1.29 is 4.79 Å². The SMILES string of the molecule is CCN(C(=O)Nc1c(C)cccc1C)C(C)c1nc2cc(Cl)ccc2c(=O)n1CC. The van der Waals surface area contributed by atoms with Gasteiger partial charge in [0, 0.05) is 23.8 Å². The molecule has 0 aliphatic carbocycles.